The summed E-state index contributed by atoms with van der Waals surface area (Å²) in [4.78, 5) is 11.0. The second-order valence-corrected chi connectivity index (χ2v) is 3.61. The largest absolute Gasteiger partial charge is 0.448 e. The Morgan fingerprint density at radius 1 is 1.42 bits per heavy atom. The predicted molar refractivity (Wildman–Crippen MR) is 48.2 cm³/mol. The van der Waals surface area contributed by atoms with Crippen molar-refractivity contribution in [2.24, 2.45) is 0 Å². The van der Waals surface area contributed by atoms with Crippen molar-refractivity contribution in [2.45, 2.75) is 26.3 Å². The summed E-state index contributed by atoms with van der Waals surface area (Å²) in [6.07, 6.45) is -0.363. The molecule has 0 fully saturated rings. The Labute approximate surface area is 73.7 Å². The second kappa shape index (κ2) is 4.98. The molecule has 0 unspecified atom stereocenters. The normalized spacial score (nSPS) is 11.0. The van der Waals surface area contributed by atoms with Crippen LogP contribution < -0.4 is 10.6 Å². The maximum absolute atomic E-state index is 11.0. The molecule has 0 aliphatic heterocycles. The highest BCUT2D eigenvalue weighted by molar-refractivity contribution is 5.67. The number of nitrogens with one attached hydrogen (secondary N) is 2. The maximum Gasteiger partial charge on any atom is 0.407 e. The number of hydrogen-bond acceptors (Lipinski definition) is 3. The van der Waals surface area contributed by atoms with E-state index in [0.29, 0.717) is 13.2 Å². The number of ether oxygens (including phenoxy) is 1. The summed E-state index contributed by atoms with van der Waals surface area (Å²) in [6.45, 7) is 6.81. The Morgan fingerprint density at radius 2 is 2.00 bits per heavy atom. The zero-order valence-electron chi connectivity index (χ0n) is 8.23. The number of amides is 1. The topological polar surface area (TPSA) is 50.4 Å². The summed E-state index contributed by atoms with van der Waals surface area (Å²) in [5, 5.41) is 5.57. The second-order valence-electron chi connectivity index (χ2n) is 3.61. The molecule has 0 saturated heterocycles. The average Bonchev–Trinajstić information content (AvgIpc) is 1.84. The van der Waals surface area contributed by atoms with E-state index in [1.54, 1.807) is 0 Å². The molecule has 0 spiro atoms. The number of likely N-dealkylation sites (N-methyl/N-ethyl adjacent to an activating group) is 1. The lowest BCUT2D eigenvalue weighted by molar-refractivity contribution is 0.139. The number of carbonyl (C=O) groups excluding carboxylic acids is 1. The lowest BCUT2D eigenvalue weighted by Gasteiger charge is -2.19. The molecule has 0 aliphatic rings. The van der Waals surface area contributed by atoms with Crippen LogP contribution in [0.15, 0.2) is 0 Å². The Balaban J connectivity index is 3.47. The summed E-state index contributed by atoms with van der Waals surface area (Å²) in [5.41, 5.74) is -0.225. The Morgan fingerprint density at radius 3 is 2.42 bits per heavy atom. The summed E-state index contributed by atoms with van der Waals surface area (Å²) >= 11 is 0. The van der Waals surface area contributed by atoms with Crippen LogP contribution in [0.2, 0.25) is 0 Å². The van der Waals surface area contributed by atoms with Crippen LogP contribution in [-0.2, 0) is 4.74 Å². The Bertz CT molecular complexity index is 140. The lowest BCUT2D eigenvalue weighted by Crippen LogP contribution is -2.41. The van der Waals surface area contributed by atoms with E-state index in [-0.39, 0.29) is 11.6 Å². The molecule has 0 rings (SSSR count). The van der Waals surface area contributed by atoms with Crippen molar-refractivity contribution in [2.75, 3.05) is 20.2 Å². The van der Waals surface area contributed by atoms with Gasteiger partial charge in [0.2, 0.25) is 0 Å². The molecule has 0 bridgehead atoms. The number of carbonyl (C=O) groups is 1. The third-order valence-corrected chi connectivity index (χ3v) is 1.06. The van der Waals surface area contributed by atoms with Crippen molar-refractivity contribution in [1.82, 2.24) is 10.6 Å². The minimum absolute atomic E-state index is 0.225. The van der Waals surface area contributed by atoms with E-state index in [4.69, 9.17) is 4.74 Å². The van der Waals surface area contributed by atoms with Crippen LogP contribution >= 0.6 is 0 Å². The van der Waals surface area contributed by atoms with E-state index in [1.807, 2.05) is 27.8 Å². The fraction of sp³-hybridized carbons (Fsp3) is 0.875. The van der Waals surface area contributed by atoms with E-state index < -0.39 is 0 Å². The van der Waals surface area contributed by atoms with Gasteiger partial charge in [-0.2, -0.15) is 0 Å². The molecule has 0 radical (unpaired) electrons. The molecule has 0 atom stereocenters. The van der Waals surface area contributed by atoms with Gasteiger partial charge in [0.25, 0.3) is 0 Å². The molecule has 0 saturated carbocycles. The van der Waals surface area contributed by atoms with Crippen molar-refractivity contribution in [1.29, 1.82) is 0 Å². The predicted octanol–water partition coefficient (Wildman–Crippen LogP) is 0.730. The zero-order chi connectivity index (χ0) is 9.61. The molecule has 0 heterocycles. The van der Waals surface area contributed by atoms with Crippen molar-refractivity contribution in [3.63, 3.8) is 0 Å². The SMILES string of the molecule is CNCCOC(=O)NC(C)(C)C. The molecule has 4 nitrogen and oxygen atoms in total. The van der Waals surface area contributed by atoms with Crippen LogP contribution in [0.1, 0.15) is 20.8 Å². The van der Waals surface area contributed by atoms with Gasteiger partial charge in [-0.1, -0.05) is 0 Å². The molecule has 72 valence electrons. The van der Waals surface area contributed by atoms with Gasteiger partial charge in [-0.05, 0) is 27.8 Å². The molecule has 0 aromatic carbocycles. The summed E-state index contributed by atoms with van der Waals surface area (Å²) in [6, 6.07) is 0. The first-order valence-corrected chi connectivity index (χ1v) is 4.05. The lowest BCUT2D eigenvalue weighted by atomic mass is 10.1. The maximum atomic E-state index is 11.0. The van der Waals surface area contributed by atoms with Gasteiger partial charge in [-0.15, -0.1) is 0 Å². The Hall–Kier alpha value is -0.770. The standard InChI is InChI=1S/C8H18N2O2/c1-8(2,3)10-7(11)12-6-5-9-4/h9H,5-6H2,1-4H3,(H,10,11). The van der Waals surface area contributed by atoms with Crippen LogP contribution in [0, 0.1) is 0 Å². The van der Waals surface area contributed by atoms with E-state index >= 15 is 0 Å². The van der Waals surface area contributed by atoms with Crippen LogP contribution in [-0.4, -0.2) is 31.8 Å². The monoisotopic (exact) mass is 174 g/mol. The first kappa shape index (κ1) is 11.2. The smallest absolute Gasteiger partial charge is 0.407 e. The van der Waals surface area contributed by atoms with E-state index in [9.17, 15) is 4.79 Å². The zero-order valence-corrected chi connectivity index (χ0v) is 8.23. The minimum Gasteiger partial charge on any atom is -0.448 e. The first-order valence-electron chi connectivity index (χ1n) is 4.05. The van der Waals surface area contributed by atoms with Gasteiger partial charge >= 0.3 is 6.09 Å². The Kier molecular flexibility index (Phi) is 4.66. The van der Waals surface area contributed by atoms with Gasteiger partial charge in [-0.3, -0.25) is 0 Å². The fourth-order valence-electron chi connectivity index (χ4n) is 0.588. The van der Waals surface area contributed by atoms with Crippen LogP contribution in [0.4, 0.5) is 4.79 Å². The first-order chi connectivity index (χ1) is 5.45. The highest BCUT2D eigenvalue weighted by Gasteiger charge is 2.13. The molecule has 0 aromatic heterocycles. The highest BCUT2D eigenvalue weighted by atomic mass is 16.5. The van der Waals surface area contributed by atoms with Crippen LogP contribution in [0.5, 0.6) is 0 Å². The molecular formula is C8H18N2O2. The van der Waals surface area contributed by atoms with E-state index in [2.05, 4.69) is 10.6 Å². The van der Waals surface area contributed by atoms with Gasteiger partial charge in [0, 0.05) is 12.1 Å². The number of hydrogen-bond donors (Lipinski definition) is 2. The van der Waals surface area contributed by atoms with Gasteiger partial charge < -0.3 is 15.4 Å². The summed E-state index contributed by atoms with van der Waals surface area (Å²) < 4.78 is 4.85. The van der Waals surface area contributed by atoms with Gasteiger partial charge in [0.1, 0.15) is 6.61 Å². The third-order valence-electron chi connectivity index (χ3n) is 1.06. The average molecular weight is 174 g/mol. The van der Waals surface area contributed by atoms with Crippen LogP contribution in [0.3, 0.4) is 0 Å². The fourth-order valence-corrected chi connectivity index (χ4v) is 0.588. The highest BCUT2D eigenvalue weighted by Crippen LogP contribution is 1.98. The molecule has 4 heteroatoms. The molecule has 0 aliphatic carbocycles. The van der Waals surface area contributed by atoms with E-state index in [1.165, 1.54) is 0 Å². The number of rotatable bonds is 3. The van der Waals surface area contributed by atoms with Crippen molar-refractivity contribution >= 4 is 6.09 Å². The van der Waals surface area contributed by atoms with Gasteiger partial charge in [0.05, 0.1) is 0 Å². The molecule has 1 amide bonds. The molecule has 12 heavy (non-hydrogen) atoms. The molecule has 2 N–H and O–H groups in total. The summed E-state index contributed by atoms with van der Waals surface area (Å²) in [5.74, 6) is 0. The molecular weight excluding hydrogens is 156 g/mol. The quantitative estimate of drug-likeness (QED) is 0.620. The summed E-state index contributed by atoms with van der Waals surface area (Å²) in [7, 11) is 1.81. The third kappa shape index (κ3) is 7.34. The van der Waals surface area contributed by atoms with Crippen molar-refractivity contribution in [3.05, 3.63) is 0 Å². The van der Waals surface area contributed by atoms with Crippen molar-refractivity contribution < 1.29 is 9.53 Å². The van der Waals surface area contributed by atoms with Gasteiger partial charge in [-0.25, -0.2) is 4.79 Å². The number of alkyl carbamates (subject to hydrolysis) is 1. The molecule has 0 aromatic rings. The van der Waals surface area contributed by atoms with Gasteiger partial charge in [0.15, 0.2) is 0 Å². The minimum atomic E-state index is -0.363. The van der Waals surface area contributed by atoms with Crippen LogP contribution in [0.25, 0.3) is 0 Å². The van der Waals surface area contributed by atoms with Crippen molar-refractivity contribution in [3.8, 4) is 0 Å². The van der Waals surface area contributed by atoms with E-state index in [0.717, 1.165) is 0 Å².